The van der Waals surface area contributed by atoms with Crippen LogP contribution in [0.5, 0.6) is 0 Å². The summed E-state index contributed by atoms with van der Waals surface area (Å²) < 4.78 is 1.52. The van der Waals surface area contributed by atoms with E-state index in [0.717, 1.165) is 5.56 Å². The van der Waals surface area contributed by atoms with Gasteiger partial charge in [0.1, 0.15) is 11.7 Å². The number of hydrogen-bond donors (Lipinski definition) is 2. The van der Waals surface area contributed by atoms with Crippen molar-refractivity contribution in [2.24, 2.45) is 5.73 Å². The van der Waals surface area contributed by atoms with E-state index in [-0.39, 0.29) is 5.56 Å². The zero-order valence-corrected chi connectivity index (χ0v) is 12.5. The summed E-state index contributed by atoms with van der Waals surface area (Å²) in [5.41, 5.74) is 7.61. The number of nitrogens with zero attached hydrogens (tertiary/aromatic N) is 2. The van der Waals surface area contributed by atoms with Crippen LogP contribution in [-0.2, 0) is 10.5 Å². The van der Waals surface area contributed by atoms with Gasteiger partial charge in [-0.3, -0.25) is 14.0 Å². The molecule has 2 rings (SSSR count). The summed E-state index contributed by atoms with van der Waals surface area (Å²) in [7, 11) is 0. The van der Waals surface area contributed by atoms with Crippen molar-refractivity contribution in [1.29, 1.82) is 0 Å². The molecule has 0 radical (unpaired) electrons. The Balaban J connectivity index is 2.05. The normalized spacial score (nSPS) is 12.5. The second kappa shape index (κ2) is 6.73. The summed E-state index contributed by atoms with van der Waals surface area (Å²) in [5.74, 6) is 0.183. The van der Waals surface area contributed by atoms with Crippen LogP contribution >= 0.6 is 11.8 Å². The third-order valence-corrected chi connectivity index (χ3v) is 4.10. The van der Waals surface area contributed by atoms with Gasteiger partial charge in [-0.2, -0.15) is 11.8 Å². The molecule has 0 amide bonds. The van der Waals surface area contributed by atoms with Crippen LogP contribution in [0.1, 0.15) is 17.7 Å². The van der Waals surface area contributed by atoms with Gasteiger partial charge in [-0.15, -0.1) is 0 Å². The minimum Gasteiger partial charge on any atom is -0.480 e. The monoisotopic (exact) mass is 307 g/mol. The van der Waals surface area contributed by atoms with Gasteiger partial charge in [0, 0.05) is 18.0 Å². The molecule has 1 atom stereocenters. The van der Waals surface area contributed by atoms with Crippen molar-refractivity contribution in [1.82, 2.24) is 9.38 Å². The summed E-state index contributed by atoms with van der Waals surface area (Å²) in [6.07, 6.45) is 2.09. The van der Waals surface area contributed by atoms with Crippen LogP contribution in [0.25, 0.3) is 5.65 Å². The molecule has 0 spiro atoms. The van der Waals surface area contributed by atoms with Crippen molar-refractivity contribution in [2.45, 2.75) is 25.1 Å². The molecule has 112 valence electrons. The molecular weight excluding hydrogens is 290 g/mol. The van der Waals surface area contributed by atoms with E-state index in [4.69, 9.17) is 10.8 Å². The SMILES string of the molecule is Cc1cccn2c(=O)cc(CSCCC(N)C(=O)O)nc12. The molecule has 3 N–H and O–H groups in total. The highest BCUT2D eigenvalue weighted by Gasteiger charge is 2.11. The Labute approximate surface area is 126 Å². The molecule has 0 aliphatic carbocycles. The van der Waals surface area contributed by atoms with Crippen molar-refractivity contribution < 1.29 is 9.90 Å². The van der Waals surface area contributed by atoms with Crippen LogP contribution in [0.4, 0.5) is 0 Å². The average Bonchev–Trinajstić information content (AvgIpc) is 2.44. The molecule has 6 nitrogen and oxygen atoms in total. The van der Waals surface area contributed by atoms with Gasteiger partial charge in [0.05, 0.1) is 5.69 Å². The van der Waals surface area contributed by atoms with E-state index in [0.29, 0.717) is 29.3 Å². The zero-order chi connectivity index (χ0) is 15.4. The largest absolute Gasteiger partial charge is 0.480 e. The Morgan fingerprint density at radius 1 is 1.57 bits per heavy atom. The standard InChI is InChI=1S/C14H17N3O3S/c1-9-3-2-5-17-12(18)7-10(16-13(9)17)8-21-6-4-11(15)14(19)20/h2-3,5,7,11H,4,6,8,15H2,1H3,(H,19,20). The molecule has 2 aromatic heterocycles. The second-order valence-corrected chi connectivity index (χ2v) is 5.86. The third-order valence-electron chi connectivity index (χ3n) is 3.08. The van der Waals surface area contributed by atoms with E-state index in [2.05, 4.69) is 4.98 Å². The fourth-order valence-corrected chi connectivity index (χ4v) is 2.82. The first-order valence-corrected chi connectivity index (χ1v) is 7.68. The summed E-state index contributed by atoms with van der Waals surface area (Å²) in [5, 5.41) is 8.69. The van der Waals surface area contributed by atoms with Crippen LogP contribution in [-0.4, -0.2) is 32.3 Å². The minimum atomic E-state index is -0.992. The number of nitrogens with two attached hydrogens (primary N) is 1. The molecule has 0 aliphatic heterocycles. The molecule has 0 aliphatic rings. The maximum absolute atomic E-state index is 12.0. The first-order valence-electron chi connectivity index (χ1n) is 6.53. The fourth-order valence-electron chi connectivity index (χ4n) is 1.89. The van der Waals surface area contributed by atoms with E-state index in [9.17, 15) is 9.59 Å². The second-order valence-electron chi connectivity index (χ2n) is 4.76. The zero-order valence-electron chi connectivity index (χ0n) is 11.7. The van der Waals surface area contributed by atoms with Gasteiger partial charge in [0.2, 0.25) is 0 Å². The van der Waals surface area contributed by atoms with E-state index < -0.39 is 12.0 Å². The molecule has 0 aromatic carbocycles. The lowest BCUT2D eigenvalue weighted by molar-refractivity contribution is -0.138. The van der Waals surface area contributed by atoms with E-state index >= 15 is 0 Å². The number of rotatable bonds is 6. The van der Waals surface area contributed by atoms with Gasteiger partial charge in [0.25, 0.3) is 5.56 Å². The summed E-state index contributed by atoms with van der Waals surface area (Å²) in [6.45, 7) is 1.91. The molecule has 1 unspecified atom stereocenters. The van der Waals surface area contributed by atoms with Crippen molar-refractivity contribution in [2.75, 3.05) is 5.75 Å². The average molecular weight is 307 g/mol. The predicted molar refractivity (Wildman–Crippen MR) is 82.6 cm³/mol. The highest BCUT2D eigenvalue weighted by atomic mass is 32.2. The highest BCUT2D eigenvalue weighted by Crippen LogP contribution is 2.13. The molecule has 2 aromatic rings. The third kappa shape index (κ3) is 3.83. The van der Waals surface area contributed by atoms with Gasteiger partial charge in [-0.05, 0) is 30.7 Å². The van der Waals surface area contributed by atoms with Gasteiger partial charge >= 0.3 is 5.97 Å². The van der Waals surface area contributed by atoms with E-state index in [1.165, 1.54) is 22.2 Å². The molecule has 0 saturated carbocycles. The summed E-state index contributed by atoms with van der Waals surface area (Å²) >= 11 is 1.52. The van der Waals surface area contributed by atoms with E-state index in [1.807, 2.05) is 19.1 Å². The Morgan fingerprint density at radius 2 is 2.33 bits per heavy atom. The summed E-state index contributed by atoms with van der Waals surface area (Å²) in [6, 6.07) is 4.39. The maximum Gasteiger partial charge on any atom is 0.320 e. The van der Waals surface area contributed by atoms with Gasteiger partial charge in [-0.25, -0.2) is 4.98 Å². The molecule has 2 heterocycles. The van der Waals surface area contributed by atoms with Crippen molar-refractivity contribution in [3.8, 4) is 0 Å². The Hall–Kier alpha value is -1.86. The molecule has 21 heavy (non-hydrogen) atoms. The van der Waals surface area contributed by atoms with Gasteiger partial charge in [-0.1, -0.05) is 6.07 Å². The number of carboxylic acid groups (broad SMARTS) is 1. The lowest BCUT2D eigenvalue weighted by atomic mass is 10.2. The minimum absolute atomic E-state index is 0.110. The number of aromatic nitrogens is 2. The summed E-state index contributed by atoms with van der Waals surface area (Å²) in [4.78, 5) is 27.1. The van der Waals surface area contributed by atoms with Gasteiger partial charge < -0.3 is 10.8 Å². The molecule has 0 bridgehead atoms. The number of aryl methyl sites for hydroxylation is 1. The van der Waals surface area contributed by atoms with Crippen LogP contribution in [0.15, 0.2) is 29.2 Å². The van der Waals surface area contributed by atoms with Crippen molar-refractivity contribution >= 4 is 23.4 Å². The molecular formula is C14H17N3O3S. The molecule has 0 saturated heterocycles. The van der Waals surface area contributed by atoms with Gasteiger partial charge in [0.15, 0.2) is 0 Å². The van der Waals surface area contributed by atoms with E-state index in [1.54, 1.807) is 6.20 Å². The fraction of sp³-hybridized carbons (Fsp3) is 0.357. The first-order chi connectivity index (χ1) is 9.99. The Kier molecular flexibility index (Phi) is 4.98. The molecule has 0 fully saturated rings. The number of pyridine rings is 1. The van der Waals surface area contributed by atoms with Crippen molar-refractivity contribution in [3.05, 3.63) is 46.0 Å². The van der Waals surface area contributed by atoms with Crippen LogP contribution in [0.2, 0.25) is 0 Å². The lowest BCUT2D eigenvalue weighted by Gasteiger charge is -2.07. The topological polar surface area (TPSA) is 97.7 Å². The number of aliphatic carboxylic acids is 1. The Morgan fingerprint density at radius 3 is 3.05 bits per heavy atom. The highest BCUT2D eigenvalue weighted by molar-refractivity contribution is 7.98. The number of carboxylic acids is 1. The lowest BCUT2D eigenvalue weighted by Crippen LogP contribution is -2.30. The molecule has 7 heteroatoms. The van der Waals surface area contributed by atoms with Crippen LogP contribution in [0, 0.1) is 6.92 Å². The predicted octanol–water partition coefficient (Wildman–Crippen LogP) is 1.04. The number of fused-ring (bicyclic) bond motifs is 1. The quantitative estimate of drug-likeness (QED) is 0.774. The number of thioether (sulfide) groups is 1. The number of carbonyl (C=O) groups is 1. The Bertz CT molecular complexity index is 714. The smallest absolute Gasteiger partial charge is 0.320 e. The number of hydrogen-bond acceptors (Lipinski definition) is 5. The van der Waals surface area contributed by atoms with Crippen molar-refractivity contribution in [3.63, 3.8) is 0 Å². The van der Waals surface area contributed by atoms with Crippen LogP contribution in [0.3, 0.4) is 0 Å². The first kappa shape index (κ1) is 15.5. The van der Waals surface area contributed by atoms with Crippen LogP contribution < -0.4 is 11.3 Å². The maximum atomic E-state index is 12.0.